The lowest BCUT2D eigenvalue weighted by molar-refractivity contribution is 1.44. The van der Waals surface area contributed by atoms with E-state index in [0.717, 1.165) is 45.3 Å². The van der Waals surface area contributed by atoms with Gasteiger partial charge < -0.3 is 16.0 Å². The first kappa shape index (κ1) is 21.4. The fraction of sp³-hybridized carbons (Fsp3) is 0.0323. The predicted molar refractivity (Wildman–Crippen MR) is 146 cm³/mol. The molecule has 0 aromatic heterocycles. The summed E-state index contributed by atoms with van der Waals surface area (Å²) in [6, 6.07) is 43.9. The Morgan fingerprint density at radius 1 is 0.412 bits per heavy atom. The smallest absolute Gasteiger partial charge is 0.0484 e. The van der Waals surface area contributed by atoms with Crippen LogP contribution in [0.5, 0.6) is 0 Å². The highest BCUT2D eigenvalue weighted by atomic mass is 14.9. The van der Waals surface area contributed by atoms with Gasteiger partial charge in [-0.3, -0.25) is 0 Å². The average molecular weight is 442 g/mol. The third kappa shape index (κ3) is 5.28. The van der Waals surface area contributed by atoms with Gasteiger partial charge in [0, 0.05) is 39.7 Å². The highest BCUT2D eigenvalue weighted by Crippen LogP contribution is 2.35. The SMILES string of the molecule is Cc1cccc(Nc2cc(Nc3ccccc3)ccc2-c2ccc(Nc3ccccc3)cc2)c1. The third-order valence-electron chi connectivity index (χ3n) is 5.64. The normalized spacial score (nSPS) is 10.5. The summed E-state index contributed by atoms with van der Waals surface area (Å²) >= 11 is 0. The fourth-order valence-electron chi connectivity index (χ4n) is 3.96. The van der Waals surface area contributed by atoms with Crippen molar-refractivity contribution in [1.82, 2.24) is 0 Å². The van der Waals surface area contributed by atoms with E-state index in [4.69, 9.17) is 0 Å². The van der Waals surface area contributed by atoms with Crippen LogP contribution in [0.25, 0.3) is 11.1 Å². The molecule has 5 aromatic rings. The van der Waals surface area contributed by atoms with Crippen LogP contribution in [0.1, 0.15) is 5.56 Å². The molecule has 0 atom stereocenters. The summed E-state index contributed by atoms with van der Waals surface area (Å²) in [6.07, 6.45) is 0. The van der Waals surface area contributed by atoms with Gasteiger partial charge in [0.1, 0.15) is 0 Å². The topological polar surface area (TPSA) is 36.1 Å². The van der Waals surface area contributed by atoms with Crippen molar-refractivity contribution in [1.29, 1.82) is 0 Å². The van der Waals surface area contributed by atoms with Crippen LogP contribution in [-0.2, 0) is 0 Å². The highest BCUT2D eigenvalue weighted by Gasteiger charge is 2.09. The Bertz CT molecular complexity index is 1360. The third-order valence-corrected chi connectivity index (χ3v) is 5.64. The zero-order chi connectivity index (χ0) is 23.2. The van der Waals surface area contributed by atoms with E-state index in [2.05, 4.69) is 114 Å². The van der Waals surface area contributed by atoms with Gasteiger partial charge in [-0.15, -0.1) is 0 Å². The van der Waals surface area contributed by atoms with Crippen LogP contribution >= 0.6 is 0 Å². The average Bonchev–Trinajstić information content (AvgIpc) is 2.86. The molecule has 0 unspecified atom stereocenters. The number of anilines is 6. The number of hydrogen-bond acceptors (Lipinski definition) is 3. The number of hydrogen-bond donors (Lipinski definition) is 3. The molecule has 0 amide bonds. The van der Waals surface area contributed by atoms with Crippen LogP contribution in [0, 0.1) is 6.92 Å². The molecule has 5 aromatic carbocycles. The van der Waals surface area contributed by atoms with Crippen molar-refractivity contribution in [2.75, 3.05) is 16.0 Å². The minimum absolute atomic E-state index is 1.03. The van der Waals surface area contributed by atoms with Gasteiger partial charge in [-0.2, -0.15) is 0 Å². The Balaban J connectivity index is 1.46. The lowest BCUT2D eigenvalue weighted by atomic mass is 10.0. The Morgan fingerprint density at radius 3 is 1.59 bits per heavy atom. The second kappa shape index (κ2) is 9.97. The molecule has 0 heterocycles. The molecule has 0 aliphatic heterocycles. The maximum Gasteiger partial charge on any atom is 0.0484 e. The quantitative estimate of drug-likeness (QED) is 0.236. The molecule has 0 saturated heterocycles. The second-order valence-electron chi connectivity index (χ2n) is 8.31. The Morgan fingerprint density at radius 2 is 0.941 bits per heavy atom. The van der Waals surface area contributed by atoms with Crippen molar-refractivity contribution in [2.24, 2.45) is 0 Å². The van der Waals surface area contributed by atoms with E-state index in [0.29, 0.717) is 0 Å². The minimum Gasteiger partial charge on any atom is -0.356 e. The molecule has 3 N–H and O–H groups in total. The maximum absolute atomic E-state index is 3.64. The minimum atomic E-state index is 1.03. The Hall–Kier alpha value is -4.50. The molecular weight excluding hydrogens is 414 g/mol. The van der Waals surface area contributed by atoms with E-state index in [9.17, 15) is 0 Å². The first-order chi connectivity index (χ1) is 16.7. The zero-order valence-electron chi connectivity index (χ0n) is 19.1. The van der Waals surface area contributed by atoms with E-state index in [1.165, 1.54) is 5.56 Å². The van der Waals surface area contributed by atoms with E-state index in [-0.39, 0.29) is 0 Å². The van der Waals surface area contributed by atoms with Crippen molar-refractivity contribution >= 4 is 34.1 Å². The van der Waals surface area contributed by atoms with Crippen LogP contribution in [0.4, 0.5) is 34.1 Å². The van der Waals surface area contributed by atoms with Gasteiger partial charge in [0.15, 0.2) is 0 Å². The number of nitrogens with one attached hydrogen (secondary N) is 3. The van der Waals surface area contributed by atoms with Gasteiger partial charge >= 0.3 is 0 Å². The van der Waals surface area contributed by atoms with Crippen molar-refractivity contribution in [3.63, 3.8) is 0 Å². The van der Waals surface area contributed by atoms with Crippen LogP contribution in [0.2, 0.25) is 0 Å². The van der Waals surface area contributed by atoms with Crippen molar-refractivity contribution < 1.29 is 0 Å². The lowest BCUT2D eigenvalue weighted by Crippen LogP contribution is -1.97. The molecule has 5 rings (SSSR count). The molecule has 0 aliphatic carbocycles. The summed E-state index contributed by atoms with van der Waals surface area (Å²) in [5.74, 6) is 0. The van der Waals surface area contributed by atoms with Gasteiger partial charge in [-0.1, -0.05) is 66.7 Å². The van der Waals surface area contributed by atoms with Crippen LogP contribution in [0.15, 0.2) is 127 Å². The van der Waals surface area contributed by atoms with Crippen LogP contribution < -0.4 is 16.0 Å². The highest BCUT2D eigenvalue weighted by molar-refractivity contribution is 5.85. The standard InChI is InChI=1S/C31H27N3/c1-23-9-8-14-28(21-23)34-31-22-29(33-26-12-6-3-7-13-26)19-20-30(31)24-15-17-27(18-16-24)32-25-10-4-2-5-11-25/h2-22,32-34H,1H3. The predicted octanol–water partition coefficient (Wildman–Crippen LogP) is 8.89. The summed E-state index contributed by atoms with van der Waals surface area (Å²) in [6.45, 7) is 2.11. The molecular formula is C31H27N3. The second-order valence-corrected chi connectivity index (χ2v) is 8.31. The number of aryl methyl sites for hydroxylation is 1. The molecule has 3 nitrogen and oxygen atoms in total. The lowest BCUT2D eigenvalue weighted by Gasteiger charge is -2.16. The van der Waals surface area contributed by atoms with Gasteiger partial charge in [0.25, 0.3) is 0 Å². The van der Waals surface area contributed by atoms with Gasteiger partial charge in [0.05, 0.1) is 0 Å². The van der Waals surface area contributed by atoms with E-state index < -0.39 is 0 Å². The summed E-state index contributed by atoms with van der Waals surface area (Å²) in [7, 11) is 0. The summed E-state index contributed by atoms with van der Waals surface area (Å²) in [5.41, 5.74) is 9.88. The molecule has 3 heteroatoms. The first-order valence-electron chi connectivity index (χ1n) is 11.5. The maximum atomic E-state index is 3.64. The Labute approximate surface area is 201 Å². The molecule has 0 bridgehead atoms. The summed E-state index contributed by atoms with van der Waals surface area (Å²) < 4.78 is 0. The fourth-order valence-corrected chi connectivity index (χ4v) is 3.96. The van der Waals surface area contributed by atoms with Crippen molar-refractivity contribution in [3.05, 3.63) is 133 Å². The molecule has 0 saturated carbocycles. The van der Waals surface area contributed by atoms with Crippen molar-refractivity contribution in [3.8, 4) is 11.1 Å². The number of benzene rings is 5. The molecule has 34 heavy (non-hydrogen) atoms. The molecule has 0 aliphatic rings. The largest absolute Gasteiger partial charge is 0.356 e. The van der Waals surface area contributed by atoms with Gasteiger partial charge in [-0.05, 0) is 78.7 Å². The van der Waals surface area contributed by atoms with Gasteiger partial charge in [0.2, 0.25) is 0 Å². The van der Waals surface area contributed by atoms with E-state index in [1.54, 1.807) is 0 Å². The van der Waals surface area contributed by atoms with Crippen LogP contribution in [0.3, 0.4) is 0 Å². The monoisotopic (exact) mass is 441 g/mol. The summed E-state index contributed by atoms with van der Waals surface area (Å²) in [5, 5.41) is 10.6. The first-order valence-corrected chi connectivity index (χ1v) is 11.5. The number of rotatable bonds is 7. The van der Waals surface area contributed by atoms with Gasteiger partial charge in [-0.25, -0.2) is 0 Å². The molecule has 0 radical (unpaired) electrons. The Kier molecular flexibility index (Phi) is 6.26. The van der Waals surface area contributed by atoms with E-state index in [1.807, 2.05) is 36.4 Å². The van der Waals surface area contributed by atoms with Crippen LogP contribution in [-0.4, -0.2) is 0 Å². The number of para-hydroxylation sites is 2. The zero-order valence-corrected chi connectivity index (χ0v) is 19.1. The van der Waals surface area contributed by atoms with Crippen molar-refractivity contribution in [2.45, 2.75) is 6.92 Å². The molecule has 0 fully saturated rings. The van der Waals surface area contributed by atoms with E-state index >= 15 is 0 Å². The molecule has 0 spiro atoms. The molecule has 166 valence electrons. The summed E-state index contributed by atoms with van der Waals surface area (Å²) in [4.78, 5) is 0.